The number of hydrogen-bond acceptors (Lipinski definition) is 4. The predicted molar refractivity (Wildman–Crippen MR) is 60.9 cm³/mol. The molecule has 0 bridgehead atoms. The van der Waals surface area contributed by atoms with Gasteiger partial charge in [-0.05, 0) is 25.4 Å². The SMILES string of the molecule is Cn1ncc(C(=O)NCC2CCNC2)c1N. The smallest absolute Gasteiger partial charge is 0.256 e. The van der Waals surface area contributed by atoms with Gasteiger partial charge < -0.3 is 16.4 Å². The molecule has 16 heavy (non-hydrogen) atoms. The Morgan fingerprint density at radius 2 is 2.62 bits per heavy atom. The third-order valence-corrected chi connectivity index (χ3v) is 2.94. The molecule has 0 aliphatic carbocycles. The first-order chi connectivity index (χ1) is 7.68. The van der Waals surface area contributed by atoms with Crippen LogP contribution >= 0.6 is 0 Å². The van der Waals surface area contributed by atoms with E-state index in [0.717, 1.165) is 19.5 Å². The highest BCUT2D eigenvalue weighted by molar-refractivity contribution is 5.98. The molecule has 1 fully saturated rings. The summed E-state index contributed by atoms with van der Waals surface area (Å²) in [5.74, 6) is 0.793. The molecule has 1 aromatic heterocycles. The van der Waals surface area contributed by atoms with Crippen molar-refractivity contribution in [2.45, 2.75) is 6.42 Å². The van der Waals surface area contributed by atoms with Gasteiger partial charge in [0.2, 0.25) is 0 Å². The van der Waals surface area contributed by atoms with Crippen molar-refractivity contribution in [3.8, 4) is 0 Å². The van der Waals surface area contributed by atoms with Crippen molar-refractivity contribution in [1.82, 2.24) is 20.4 Å². The molecule has 4 N–H and O–H groups in total. The maximum absolute atomic E-state index is 11.8. The van der Waals surface area contributed by atoms with E-state index in [-0.39, 0.29) is 5.91 Å². The minimum atomic E-state index is -0.141. The fourth-order valence-electron chi connectivity index (χ4n) is 1.84. The summed E-state index contributed by atoms with van der Waals surface area (Å²) in [7, 11) is 1.72. The van der Waals surface area contributed by atoms with E-state index in [9.17, 15) is 4.79 Å². The van der Waals surface area contributed by atoms with Gasteiger partial charge >= 0.3 is 0 Å². The zero-order valence-corrected chi connectivity index (χ0v) is 9.36. The van der Waals surface area contributed by atoms with Crippen LogP contribution in [0.2, 0.25) is 0 Å². The quantitative estimate of drug-likeness (QED) is 0.635. The molecule has 1 unspecified atom stereocenters. The number of carbonyl (C=O) groups is 1. The minimum absolute atomic E-state index is 0.141. The van der Waals surface area contributed by atoms with E-state index in [4.69, 9.17) is 5.73 Å². The first-order valence-electron chi connectivity index (χ1n) is 5.45. The van der Waals surface area contributed by atoms with Gasteiger partial charge in [-0.2, -0.15) is 5.10 Å². The molecule has 1 amide bonds. The normalized spacial score (nSPS) is 19.9. The van der Waals surface area contributed by atoms with E-state index in [2.05, 4.69) is 15.7 Å². The van der Waals surface area contributed by atoms with Crippen LogP contribution in [0.3, 0.4) is 0 Å². The maximum Gasteiger partial charge on any atom is 0.256 e. The number of nitrogens with one attached hydrogen (secondary N) is 2. The fourth-order valence-corrected chi connectivity index (χ4v) is 1.84. The molecule has 88 valence electrons. The van der Waals surface area contributed by atoms with Gasteiger partial charge in [-0.3, -0.25) is 9.48 Å². The lowest BCUT2D eigenvalue weighted by Crippen LogP contribution is -2.30. The van der Waals surface area contributed by atoms with E-state index in [0.29, 0.717) is 23.8 Å². The zero-order chi connectivity index (χ0) is 11.5. The van der Waals surface area contributed by atoms with Crippen LogP contribution in [0.15, 0.2) is 6.20 Å². The number of amides is 1. The largest absolute Gasteiger partial charge is 0.383 e. The number of nitrogen functional groups attached to an aromatic ring is 1. The van der Waals surface area contributed by atoms with Crippen molar-refractivity contribution in [3.05, 3.63) is 11.8 Å². The van der Waals surface area contributed by atoms with E-state index in [1.54, 1.807) is 7.05 Å². The first kappa shape index (κ1) is 10.9. The summed E-state index contributed by atoms with van der Waals surface area (Å²) in [5.41, 5.74) is 6.17. The van der Waals surface area contributed by atoms with Gasteiger partial charge in [0.25, 0.3) is 5.91 Å². The Morgan fingerprint density at radius 1 is 1.81 bits per heavy atom. The second kappa shape index (κ2) is 4.52. The Balaban J connectivity index is 1.90. The molecule has 1 aliphatic heterocycles. The van der Waals surface area contributed by atoms with Gasteiger partial charge in [0.1, 0.15) is 11.4 Å². The number of aromatic nitrogens is 2. The Bertz CT molecular complexity index is 381. The van der Waals surface area contributed by atoms with Gasteiger partial charge in [0.05, 0.1) is 6.20 Å². The Kier molecular flexibility index (Phi) is 3.09. The molecule has 6 heteroatoms. The van der Waals surface area contributed by atoms with Crippen LogP contribution in [0.1, 0.15) is 16.8 Å². The number of anilines is 1. The van der Waals surface area contributed by atoms with E-state index in [1.165, 1.54) is 10.9 Å². The summed E-state index contributed by atoms with van der Waals surface area (Å²) in [6.07, 6.45) is 2.61. The zero-order valence-electron chi connectivity index (χ0n) is 9.36. The highest BCUT2D eigenvalue weighted by Crippen LogP contribution is 2.10. The minimum Gasteiger partial charge on any atom is -0.383 e. The third-order valence-electron chi connectivity index (χ3n) is 2.94. The van der Waals surface area contributed by atoms with Crippen LogP contribution in [-0.4, -0.2) is 35.3 Å². The fraction of sp³-hybridized carbons (Fsp3) is 0.600. The lowest BCUT2D eigenvalue weighted by molar-refractivity contribution is 0.0949. The lowest BCUT2D eigenvalue weighted by atomic mass is 10.1. The van der Waals surface area contributed by atoms with Gasteiger partial charge in [-0.1, -0.05) is 0 Å². The number of carbonyl (C=O) groups excluding carboxylic acids is 1. The van der Waals surface area contributed by atoms with Gasteiger partial charge in [-0.25, -0.2) is 0 Å². The standard InChI is InChI=1S/C10H17N5O/c1-15-9(11)8(6-14-15)10(16)13-5-7-2-3-12-4-7/h6-7,12H,2-5,11H2,1H3,(H,13,16). The van der Waals surface area contributed by atoms with Crippen molar-refractivity contribution in [1.29, 1.82) is 0 Å². The van der Waals surface area contributed by atoms with Crippen LogP contribution in [0, 0.1) is 5.92 Å². The summed E-state index contributed by atoms with van der Waals surface area (Å²) in [6.45, 7) is 2.71. The molecular formula is C10H17N5O. The summed E-state index contributed by atoms with van der Waals surface area (Å²) >= 11 is 0. The Morgan fingerprint density at radius 3 is 3.19 bits per heavy atom. The van der Waals surface area contributed by atoms with Crippen molar-refractivity contribution in [2.24, 2.45) is 13.0 Å². The van der Waals surface area contributed by atoms with E-state index < -0.39 is 0 Å². The molecule has 6 nitrogen and oxygen atoms in total. The average molecular weight is 223 g/mol. The van der Waals surface area contributed by atoms with Crippen LogP contribution in [0.25, 0.3) is 0 Å². The summed E-state index contributed by atoms with van der Waals surface area (Å²) in [5, 5.41) is 10.1. The second-order valence-corrected chi connectivity index (χ2v) is 4.14. The van der Waals surface area contributed by atoms with Crippen molar-refractivity contribution < 1.29 is 4.79 Å². The molecular weight excluding hydrogens is 206 g/mol. The number of aryl methyl sites for hydroxylation is 1. The highest BCUT2D eigenvalue weighted by atomic mass is 16.1. The molecule has 0 saturated carbocycles. The molecule has 1 atom stereocenters. The predicted octanol–water partition coefficient (Wildman–Crippen LogP) is -0.658. The average Bonchev–Trinajstić information content (AvgIpc) is 2.88. The molecule has 0 spiro atoms. The summed E-state index contributed by atoms with van der Waals surface area (Å²) in [6, 6.07) is 0. The van der Waals surface area contributed by atoms with Gasteiger partial charge in [0.15, 0.2) is 0 Å². The van der Waals surface area contributed by atoms with Crippen LogP contribution in [0.4, 0.5) is 5.82 Å². The van der Waals surface area contributed by atoms with Crippen molar-refractivity contribution in [3.63, 3.8) is 0 Å². The molecule has 0 aromatic carbocycles. The topological polar surface area (TPSA) is 85.0 Å². The van der Waals surface area contributed by atoms with Gasteiger partial charge in [0, 0.05) is 13.6 Å². The molecule has 1 saturated heterocycles. The molecule has 2 rings (SSSR count). The summed E-state index contributed by atoms with van der Waals surface area (Å²) < 4.78 is 1.49. The van der Waals surface area contributed by atoms with Crippen LogP contribution in [0.5, 0.6) is 0 Å². The second-order valence-electron chi connectivity index (χ2n) is 4.14. The summed E-state index contributed by atoms with van der Waals surface area (Å²) in [4.78, 5) is 11.8. The lowest BCUT2D eigenvalue weighted by Gasteiger charge is -2.09. The van der Waals surface area contributed by atoms with Crippen molar-refractivity contribution in [2.75, 3.05) is 25.4 Å². The number of nitrogens with zero attached hydrogens (tertiary/aromatic N) is 2. The maximum atomic E-state index is 11.8. The van der Waals surface area contributed by atoms with Gasteiger partial charge in [-0.15, -0.1) is 0 Å². The van der Waals surface area contributed by atoms with E-state index in [1.807, 2.05) is 0 Å². The molecule has 1 aromatic rings. The van der Waals surface area contributed by atoms with Crippen LogP contribution < -0.4 is 16.4 Å². The number of rotatable bonds is 3. The number of nitrogens with two attached hydrogens (primary N) is 1. The number of hydrogen-bond donors (Lipinski definition) is 3. The Labute approximate surface area is 94.2 Å². The first-order valence-corrected chi connectivity index (χ1v) is 5.45. The highest BCUT2D eigenvalue weighted by Gasteiger charge is 2.17. The van der Waals surface area contributed by atoms with Crippen LogP contribution in [-0.2, 0) is 7.05 Å². The van der Waals surface area contributed by atoms with E-state index >= 15 is 0 Å². The monoisotopic (exact) mass is 223 g/mol. The third kappa shape index (κ3) is 2.16. The molecule has 0 radical (unpaired) electrons. The Hall–Kier alpha value is -1.56. The van der Waals surface area contributed by atoms with Crippen molar-refractivity contribution >= 4 is 11.7 Å². The molecule has 1 aliphatic rings. The molecule has 2 heterocycles.